The number of aliphatic hydroxyl groups excluding tert-OH is 1. The fourth-order valence-corrected chi connectivity index (χ4v) is 4.00. The van der Waals surface area contributed by atoms with Crippen molar-refractivity contribution in [3.8, 4) is 17.6 Å². The van der Waals surface area contributed by atoms with Gasteiger partial charge in [-0.1, -0.05) is 6.07 Å². The number of nitrogens with zero attached hydrogens (tertiary/aromatic N) is 1. The molecule has 3 rings (SSSR count). The summed E-state index contributed by atoms with van der Waals surface area (Å²) in [4.78, 5) is 0. The Kier molecular flexibility index (Phi) is 13.2. The van der Waals surface area contributed by atoms with Crippen LogP contribution in [-0.2, 0) is 11.1 Å². The van der Waals surface area contributed by atoms with Gasteiger partial charge in [0.25, 0.3) is 0 Å². The second kappa shape index (κ2) is 16.1. The number of aryl methyl sites for hydroxylation is 1. The molecule has 36 heavy (non-hydrogen) atoms. The monoisotopic (exact) mass is 493 g/mol. The average molecular weight is 493 g/mol. The summed E-state index contributed by atoms with van der Waals surface area (Å²) in [5.74, 6) is 1.73. The van der Waals surface area contributed by atoms with Gasteiger partial charge in [-0.15, -0.1) is 0 Å². The third-order valence-corrected chi connectivity index (χ3v) is 6.02. The molecule has 0 aliphatic carbocycles. The zero-order valence-corrected chi connectivity index (χ0v) is 21.8. The minimum atomic E-state index is -0.588. The third kappa shape index (κ3) is 11.3. The Morgan fingerprint density at radius 3 is 2.56 bits per heavy atom. The zero-order chi connectivity index (χ0) is 26.2. The topological polar surface area (TPSA) is 104 Å². The van der Waals surface area contributed by atoms with Crippen LogP contribution >= 0.6 is 0 Å². The molecule has 194 valence electrons. The molecule has 0 spiro atoms. The molecular weight excluding hydrogens is 453 g/mol. The van der Waals surface area contributed by atoms with Crippen LogP contribution in [0.3, 0.4) is 0 Å². The van der Waals surface area contributed by atoms with E-state index in [-0.39, 0.29) is 17.9 Å². The number of hydrogen-bond donors (Lipinski definition) is 3. The van der Waals surface area contributed by atoms with E-state index >= 15 is 0 Å². The van der Waals surface area contributed by atoms with E-state index in [2.05, 4.69) is 30.6 Å². The number of nitriles is 1. The SMILES string of the molecule is CC(C)(CCCC#N)CNCC(O)[C@H](Cc1ccccc1)NCB=O.Cc1ccc2c(c1)OCCO2. The van der Waals surface area contributed by atoms with E-state index in [0.717, 1.165) is 43.6 Å². The largest absolute Gasteiger partial charge is 0.486 e. The van der Waals surface area contributed by atoms with Crippen LogP contribution in [0.5, 0.6) is 11.5 Å². The van der Waals surface area contributed by atoms with E-state index in [1.807, 2.05) is 55.5 Å². The van der Waals surface area contributed by atoms with Crippen LogP contribution in [0.1, 0.15) is 44.2 Å². The smallest absolute Gasteiger partial charge is 0.161 e. The second-order valence-corrected chi connectivity index (χ2v) is 9.89. The number of hydrogen-bond acceptors (Lipinski definition) is 7. The molecule has 8 heteroatoms. The fourth-order valence-electron chi connectivity index (χ4n) is 4.00. The van der Waals surface area contributed by atoms with Gasteiger partial charge < -0.3 is 9.47 Å². The fraction of sp³-hybridized carbons (Fsp3) is 0.536. The Morgan fingerprint density at radius 2 is 1.86 bits per heavy atom. The third-order valence-electron chi connectivity index (χ3n) is 6.02. The van der Waals surface area contributed by atoms with Crippen molar-refractivity contribution in [3.63, 3.8) is 0 Å². The first kappa shape index (κ1) is 29.5. The van der Waals surface area contributed by atoms with Gasteiger partial charge in [0, 0.05) is 0 Å². The maximum Gasteiger partial charge on any atom is 0.161 e. The molecule has 2 atom stereocenters. The van der Waals surface area contributed by atoms with Crippen molar-refractivity contribution in [2.45, 2.75) is 58.6 Å². The van der Waals surface area contributed by atoms with Crippen molar-refractivity contribution in [1.82, 2.24) is 10.6 Å². The van der Waals surface area contributed by atoms with Gasteiger partial charge in [0.2, 0.25) is 0 Å². The summed E-state index contributed by atoms with van der Waals surface area (Å²) in [5.41, 5.74) is 2.41. The maximum absolute atomic E-state index is 10.7. The molecule has 0 saturated carbocycles. The molecule has 0 radical (unpaired) electrons. The molecule has 0 fully saturated rings. The standard InChI is InChI=1S/C19H30BN3O2.C9H10O2/c1-19(2,10-6-7-11-21)14-22-13-18(24)17(23-15-20-25)12-16-8-4-3-5-9-16;1-7-2-3-8-9(6-7)11-5-4-10-8/h3-5,8-9,17-18,22-24H,6-7,10,12-15H2,1-2H3;2-3,6H,4-5H2,1H3/t17-,18?;/m0./s1. The van der Waals surface area contributed by atoms with Gasteiger partial charge >= 0.3 is 146 Å². The van der Waals surface area contributed by atoms with Crippen molar-refractivity contribution in [1.29, 1.82) is 5.26 Å². The number of unbranched alkanes of at least 4 members (excludes halogenated alkanes) is 1. The molecule has 0 amide bonds. The van der Waals surface area contributed by atoms with Gasteiger partial charge in [0.05, 0.1) is 0 Å². The van der Waals surface area contributed by atoms with Crippen molar-refractivity contribution in [3.05, 3.63) is 59.7 Å². The van der Waals surface area contributed by atoms with Crippen LogP contribution in [0, 0.1) is 23.7 Å². The second-order valence-electron chi connectivity index (χ2n) is 9.89. The van der Waals surface area contributed by atoms with Crippen LogP contribution in [0.15, 0.2) is 48.5 Å². The molecule has 1 aliphatic heterocycles. The van der Waals surface area contributed by atoms with Crippen LogP contribution in [0.4, 0.5) is 0 Å². The summed E-state index contributed by atoms with van der Waals surface area (Å²) >= 11 is 0. The summed E-state index contributed by atoms with van der Waals surface area (Å²) in [5, 5.41) is 25.6. The quantitative estimate of drug-likeness (QED) is 0.289. The van der Waals surface area contributed by atoms with Crippen molar-refractivity contribution in [2.24, 2.45) is 5.41 Å². The van der Waals surface area contributed by atoms with Crippen molar-refractivity contribution >= 4 is 7.15 Å². The summed E-state index contributed by atoms with van der Waals surface area (Å²) in [7, 11) is 0.816. The molecule has 1 aliphatic rings. The van der Waals surface area contributed by atoms with Crippen molar-refractivity contribution < 1.29 is 19.3 Å². The number of ether oxygens (including phenoxy) is 2. The van der Waals surface area contributed by atoms with E-state index in [0.29, 0.717) is 32.6 Å². The summed E-state index contributed by atoms with van der Waals surface area (Å²) in [6.45, 7) is 8.93. The van der Waals surface area contributed by atoms with Crippen LogP contribution < -0.4 is 20.1 Å². The Morgan fingerprint density at radius 1 is 1.14 bits per heavy atom. The number of rotatable bonds is 13. The first-order valence-corrected chi connectivity index (χ1v) is 12.7. The predicted molar refractivity (Wildman–Crippen MR) is 143 cm³/mol. The first-order chi connectivity index (χ1) is 17.3. The van der Waals surface area contributed by atoms with Gasteiger partial charge in [0.15, 0.2) is 11.5 Å². The Labute approximate surface area is 216 Å². The van der Waals surface area contributed by atoms with E-state index in [9.17, 15) is 9.81 Å². The molecule has 0 saturated heterocycles. The van der Waals surface area contributed by atoms with Gasteiger partial charge in [-0.2, -0.15) is 5.26 Å². The Hall–Kier alpha value is -2.73. The molecule has 2 aromatic carbocycles. The molecule has 1 heterocycles. The van der Waals surface area contributed by atoms with Crippen LogP contribution in [0.25, 0.3) is 0 Å². The van der Waals surface area contributed by atoms with E-state index in [4.69, 9.17) is 14.7 Å². The minimum absolute atomic E-state index is 0.0850. The predicted octanol–water partition coefficient (Wildman–Crippen LogP) is 3.63. The molecule has 2 aromatic rings. The first-order valence-electron chi connectivity index (χ1n) is 12.7. The van der Waals surface area contributed by atoms with Gasteiger partial charge in [-0.05, 0) is 24.6 Å². The van der Waals surface area contributed by atoms with Crippen LogP contribution in [0.2, 0.25) is 0 Å². The molecule has 0 aromatic heterocycles. The molecular formula is C28H40BN3O4. The molecule has 7 nitrogen and oxygen atoms in total. The molecule has 0 bridgehead atoms. The summed E-state index contributed by atoms with van der Waals surface area (Å²) in [6, 6.07) is 17.9. The number of benzene rings is 2. The van der Waals surface area contributed by atoms with Gasteiger partial charge in [-0.3, -0.25) is 0 Å². The van der Waals surface area contributed by atoms with E-state index < -0.39 is 6.10 Å². The number of fused-ring (bicyclic) bond motifs is 1. The van der Waals surface area contributed by atoms with Gasteiger partial charge in [0.1, 0.15) is 13.2 Å². The van der Waals surface area contributed by atoms with Crippen LogP contribution in [-0.4, -0.2) is 57.1 Å². The molecule has 1 unspecified atom stereocenters. The van der Waals surface area contributed by atoms with Crippen molar-refractivity contribution in [2.75, 3.05) is 32.7 Å². The van der Waals surface area contributed by atoms with E-state index in [1.165, 1.54) is 5.56 Å². The molecule has 3 N–H and O–H groups in total. The Bertz CT molecular complexity index is 950. The number of aliphatic hydroxyl groups is 1. The average Bonchev–Trinajstić information content (AvgIpc) is 2.87. The number of nitrogens with one attached hydrogen (secondary N) is 2. The maximum atomic E-state index is 10.7. The van der Waals surface area contributed by atoms with E-state index in [1.54, 1.807) is 0 Å². The van der Waals surface area contributed by atoms with Gasteiger partial charge in [-0.25, -0.2) is 0 Å². The zero-order valence-electron chi connectivity index (χ0n) is 21.8. The normalized spacial score (nSPS) is 14.0. The summed E-state index contributed by atoms with van der Waals surface area (Å²) in [6.07, 6.45) is 2.76. The Balaban J connectivity index is 0.000000340. The minimum Gasteiger partial charge on any atom is -0.486 e. The summed E-state index contributed by atoms with van der Waals surface area (Å²) < 4.78 is 21.4.